The van der Waals surface area contributed by atoms with Crippen LogP contribution in [0.25, 0.3) is 0 Å². The van der Waals surface area contributed by atoms with Crippen molar-refractivity contribution in [2.24, 2.45) is 0 Å². The van der Waals surface area contributed by atoms with Crippen LogP contribution in [0.5, 0.6) is 11.5 Å². The summed E-state index contributed by atoms with van der Waals surface area (Å²) in [5.41, 5.74) is 0.197. The zero-order chi connectivity index (χ0) is 15.3. The molecule has 0 bridgehead atoms. The van der Waals surface area contributed by atoms with Crippen LogP contribution in [-0.4, -0.2) is 19.3 Å². The van der Waals surface area contributed by atoms with Crippen molar-refractivity contribution in [1.82, 2.24) is 0 Å². The van der Waals surface area contributed by atoms with E-state index in [4.69, 9.17) is 9.47 Å². The van der Waals surface area contributed by atoms with Crippen LogP contribution in [0, 0.1) is 11.8 Å². The standard InChI is InChI=1S/C18H18O3/c1-18(19,15-7-5-4-6-8-15)12-11-14-13-16(20-2)9-10-17(14)21-3/h4-10,13,19H,1-3H3. The highest BCUT2D eigenvalue weighted by Gasteiger charge is 2.19. The average Bonchev–Trinajstić information content (AvgIpc) is 2.53. The second-order valence-electron chi connectivity index (χ2n) is 4.75. The van der Waals surface area contributed by atoms with Crippen molar-refractivity contribution in [3.05, 3.63) is 59.7 Å². The van der Waals surface area contributed by atoms with E-state index in [2.05, 4.69) is 11.8 Å². The Hall–Kier alpha value is -2.44. The molecule has 0 saturated heterocycles. The van der Waals surface area contributed by atoms with E-state index >= 15 is 0 Å². The Bertz CT molecular complexity index is 664. The zero-order valence-corrected chi connectivity index (χ0v) is 12.4. The summed E-state index contributed by atoms with van der Waals surface area (Å²) in [5.74, 6) is 7.20. The number of ether oxygens (including phenoxy) is 2. The lowest BCUT2D eigenvalue weighted by Gasteiger charge is -2.16. The summed E-state index contributed by atoms with van der Waals surface area (Å²) in [6.07, 6.45) is 0. The van der Waals surface area contributed by atoms with E-state index < -0.39 is 5.60 Å². The SMILES string of the molecule is COc1ccc(OC)c(C#CC(C)(O)c2ccccc2)c1. The largest absolute Gasteiger partial charge is 0.497 e. The van der Waals surface area contributed by atoms with E-state index in [1.54, 1.807) is 39.3 Å². The first-order chi connectivity index (χ1) is 10.1. The van der Waals surface area contributed by atoms with Crippen molar-refractivity contribution in [2.45, 2.75) is 12.5 Å². The van der Waals surface area contributed by atoms with Crippen molar-refractivity contribution < 1.29 is 14.6 Å². The first-order valence-electron chi connectivity index (χ1n) is 6.60. The van der Waals surface area contributed by atoms with E-state index in [9.17, 15) is 5.11 Å². The predicted octanol–water partition coefficient (Wildman–Crippen LogP) is 2.96. The van der Waals surface area contributed by atoms with E-state index in [-0.39, 0.29) is 0 Å². The molecule has 21 heavy (non-hydrogen) atoms. The third-order valence-electron chi connectivity index (χ3n) is 3.18. The highest BCUT2D eigenvalue weighted by Crippen LogP contribution is 2.24. The normalized spacial score (nSPS) is 12.8. The molecule has 0 fully saturated rings. The van der Waals surface area contributed by atoms with Crippen molar-refractivity contribution >= 4 is 0 Å². The minimum absolute atomic E-state index is 0.646. The van der Waals surface area contributed by atoms with Crippen molar-refractivity contribution in [1.29, 1.82) is 0 Å². The molecule has 3 nitrogen and oxygen atoms in total. The lowest BCUT2D eigenvalue weighted by Crippen LogP contribution is -2.18. The van der Waals surface area contributed by atoms with Gasteiger partial charge in [-0.3, -0.25) is 0 Å². The van der Waals surface area contributed by atoms with E-state index in [1.807, 2.05) is 30.3 Å². The first-order valence-corrected chi connectivity index (χ1v) is 6.60. The summed E-state index contributed by atoms with van der Waals surface area (Å²) in [5, 5.41) is 10.5. The fourth-order valence-electron chi connectivity index (χ4n) is 1.94. The van der Waals surface area contributed by atoms with E-state index in [0.29, 0.717) is 17.1 Å². The summed E-state index contributed by atoms with van der Waals surface area (Å²) < 4.78 is 10.5. The Morgan fingerprint density at radius 2 is 1.71 bits per heavy atom. The molecule has 2 aromatic carbocycles. The Morgan fingerprint density at radius 3 is 2.33 bits per heavy atom. The quantitative estimate of drug-likeness (QED) is 0.880. The van der Waals surface area contributed by atoms with Gasteiger partial charge in [0.2, 0.25) is 0 Å². The highest BCUT2D eigenvalue weighted by atomic mass is 16.5. The van der Waals surface area contributed by atoms with Gasteiger partial charge in [0.1, 0.15) is 17.1 Å². The van der Waals surface area contributed by atoms with Crippen LogP contribution >= 0.6 is 0 Å². The van der Waals surface area contributed by atoms with E-state index in [1.165, 1.54) is 0 Å². The summed E-state index contributed by atoms with van der Waals surface area (Å²) >= 11 is 0. The maximum atomic E-state index is 10.5. The van der Waals surface area contributed by atoms with Crippen molar-refractivity contribution in [2.75, 3.05) is 14.2 Å². The van der Waals surface area contributed by atoms with Crippen LogP contribution in [0.1, 0.15) is 18.1 Å². The lowest BCUT2D eigenvalue weighted by molar-refractivity contribution is 0.122. The molecule has 1 N–H and O–H groups in total. The third kappa shape index (κ3) is 3.56. The molecule has 2 rings (SSSR count). The van der Waals surface area contributed by atoms with Gasteiger partial charge in [0.15, 0.2) is 0 Å². The van der Waals surface area contributed by atoms with Gasteiger partial charge in [-0.25, -0.2) is 0 Å². The van der Waals surface area contributed by atoms with Gasteiger partial charge in [-0.1, -0.05) is 42.2 Å². The van der Waals surface area contributed by atoms with E-state index in [0.717, 1.165) is 5.56 Å². The fraction of sp³-hybridized carbons (Fsp3) is 0.222. The van der Waals surface area contributed by atoms with Crippen LogP contribution < -0.4 is 9.47 Å². The van der Waals surface area contributed by atoms with Gasteiger partial charge in [0.25, 0.3) is 0 Å². The molecule has 0 aliphatic carbocycles. The van der Waals surface area contributed by atoms with Gasteiger partial charge >= 0.3 is 0 Å². The average molecular weight is 282 g/mol. The van der Waals surface area contributed by atoms with Gasteiger partial charge in [-0.2, -0.15) is 0 Å². The van der Waals surface area contributed by atoms with Crippen molar-refractivity contribution in [3.8, 4) is 23.3 Å². The molecule has 0 aromatic heterocycles. The van der Waals surface area contributed by atoms with Crippen molar-refractivity contribution in [3.63, 3.8) is 0 Å². The van der Waals surface area contributed by atoms with Gasteiger partial charge in [0.05, 0.1) is 19.8 Å². The minimum atomic E-state index is -1.23. The summed E-state index contributed by atoms with van der Waals surface area (Å²) in [6, 6.07) is 14.7. The van der Waals surface area contributed by atoms with Gasteiger partial charge in [-0.05, 0) is 30.7 Å². The molecule has 1 atom stereocenters. The Balaban J connectivity index is 2.38. The second kappa shape index (κ2) is 6.34. The number of hydrogen-bond donors (Lipinski definition) is 1. The Labute approximate surface area is 125 Å². The monoisotopic (exact) mass is 282 g/mol. The predicted molar refractivity (Wildman–Crippen MR) is 82.4 cm³/mol. The van der Waals surface area contributed by atoms with Crippen LogP contribution in [0.15, 0.2) is 48.5 Å². The molecule has 2 aromatic rings. The van der Waals surface area contributed by atoms with Gasteiger partial charge in [0, 0.05) is 0 Å². The molecule has 0 saturated carbocycles. The minimum Gasteiger partial charge on any atom is -0.497 e. The molecule has 0 spiro atoms. The summed E-state index contributed by atoms with van der Waals surface area (Å²) in [4.78, 5) is 0. The maximum Gasteiger partial charge on any atom is 0.148 e. The van der Waals surface area contributed by atoms with Crippen LogP contribution in [0.2, 0.25) is 0 Å². The number of rotatable bonds is 3. The molecule has 1 unspecified atom stereocenters. The first kappa shape index (κ1) is 15.0. The molecule has 0 amide bonds. The zero-order valence-electron chi connectivity index (χ0n) is 12.4. The summed E-state index contributed by atoms with van der Waals surface area (Å²) in [7, 11) is 3.18. The molecule has 3 heteroatoms. The summed E-state index contributed by atoms with van der Waals surface area (Å²) in [6.45, 7) is 1.67. The van der Waals surface area contributed by atoms with Crippen LogP contribution in [0.4, 0.5) is 0 Å². The smallest absolute Gasteiger partial charge is 0.148 e. The Morgan fingerprint density at radius 1 is 1.00 bits per heavy atom. The van der Waals surface area contributed by atoms with Crippen LogP contribution in [0.3, 0.4) is 0 Å². The number of hydrogen-bond acceptors (Lipinski definition) is 3. The molecule has 0 aliphatic heterocycles. The molecular weight excluding hydrogens is 264 g/mol. The molecular formula is C18H18O3. The Kier molecular flexibility index (Phi) is 4.52. The number of methoxy groups -OCH3 is 2. The number of aliphatic hydroxyl groups is 1. The molecule has 0 aliphatic rings. The lowest BCUT2D eigenvalue weighted by atomic mass is 9.96. The second-order valence-corrected chi connectivity index (χ2v) is 4.75. The highest BCUT2D eigenvalue weighted by molar-refractivity contribution is 5.51. The fourth-order valence-corrected chi connectivity index (χ4v) is 1.94. The third-order valence-corrected chi connectivity index (χ3v) is 3.18. The van der Waals surface area contributed by atoms with Gasteiger partial charge < -0.3 is 14.6 Å². The topological polar surface area (TPSA) is 38.7 Å². The van der Waals surface area contributed by atoms with Crippen LogP contribution in [-0.2, 0) is 5.60 Å². The molecule has 0 heterocycles. The molecule has 0 radical (unpaired) electrons. The van der Waals surface area contributed by atoms with Gasteiger partial charge in [-0.15, -0.1) is 0 Å². The number of benzene rings is 2. The molecule has 108 valence electrons. The maximum absolute atomic E-state index is 10.5.